The van der Waals surface area contributed by atoms with Crippen molar-refractivity contribution in [3.8, 4) is 5.75 Å². The molecule has 1 amide bonds. The molecule has 1 aromatic rings. The third-order valence-corrected chi connectivity index (χ3v) is 4.97. The lowest BCUT2D eigenvalue weighted by atomic mass is 10.00. The highest BCUT2D eigenvalue weighted by atomic mass is 79.9. The second kappa shape index (κ2) is 5.61. The van der Waals surface area contributed by atoms with Gasteiger partial charge in [-0.05, 0) is 31.0 Å². The standard InChI is InChI=1S/C13H15Br2NO2/c14-8-13(5-1-2-6-13)16-12(18)10-4-3-9(15)7-11(10)17/h3-4,7,17H,1-2,5-6,8H2,(H,16,18). The molecule has 0 spiro atoms. The summed E-state index contributed by atoms with van der Waals surface area (Å²) in [5.41, 5.74) is 0.168. The van der Waals surface area contributed by atoms with Crippen molar-refractivity contribution in [1.29, 1.82) is 0 Å². The fraction of sp³-hybridized carbons (Fsp3) is 0.462. The molecule has 1 aromatic carbocycles. The third-order valence-electron chi connectivity index (χ3n) is 3.40. The van der Waals surface area contributed by atoms with Crippen molar-refractivity contribution in [3.05, 3.63) is 28.2 Å². The van der Waals surface area contributed by atoms with Gasteiger partial charge in [0.1, 0.15) is 5.75 Å². The predicted molar refractivity (Wildman–Crippen MR) is 78.3 cm³/mol. The van der Waals surface area contributed by atoms with Crippen LogP contribution in [0.1, 0.15) is 36.0 Å². The van der Waals surface area contributed by atoms with Gasteiger partial charge in [0.05, 0.1) is 11.1 Å². The van der Waals surface area contributed by atoms with Crippen molar-refractivity contribution < 1.29 is 9.90 Å². The molecule has 1 saturated carbocycles. The molecule has 2 rings (SSSR count). The monoisotopic (exact) mass is 375 g/mol. The fourth-order valence-electron chi connectivity index (χ4n) is 2.35. The highest BCUT2D eigenvalue weighted by Gasteiger charge is 2.34. The quantitative estimate of drug-likeness (QED) is 0.792. The summed E-state index contributed by atoms with van der Waals surface area (Å²) in [5, 5.41) is 13.6. The second-order valence-corrected chi connectivity index (χ2v) is 6.21. The molecule has 0 radical (unpaired) electrons. The number of alkyl halides is 1. The summed E-state index contributed by atoms with van der Waals surface area (Å²) in [6.07, 6.45) is 4.25. The number of hydrogen-bond acceptors (Lipinski definition) is 2. The van der Waals surface area contributed by atoms with Crippen molar-refractivity contribution in [2.75, 3.05) is 5.33 Å². The molecule has 0 atom stereocenters. The number of halogens is 2. The van der Waals surface area contributed by atoms with Crippen molar-refractivity contribution >= 4 is 37.8 Å². The maximum absolute atomic E-state index is 12.2. The van der Waals surface area contributed by atoms with E-state index in [0.29, 0.717) is 5.56 Å². The molecule has 1 aliphatic rings. The Kier molecular flexibility index (Phi) is 4.33. The Morgan fingerprint density at radius 3 is 2.61 bits per heavy atom. The van der Waals surface area contributed by atoms with Crippen LogP contribution in [-0.2, 0) is 0 Å². The van der Waals surface area contributed by atoms with Crippen LogP contribution in [0.4, 0.5) is 0 Å². The van der Waals surface area contributed by atoms with Crippen LogP contribution in [0.5, 0.6) is 5.75 Å². The van der Waals surface area contributed by atoms with E-state index in [-0.39, 0.29) is 17.2 Å². The first-order valence-electron chi connectivity index (χ1n) is 5.93. The first-order valence-corrected chi connectivity index (χ1v) is 7.85. The van der Waals surface area contributed by atoms with Gasteiger partial charge < -0.3 is 10.4 Å². The maximum Gasteiger partial charge on any atom is 0.255 e. The molecular formula is C13H15Br2NO2. The van der Waals surface area contributed by atoms with Gasteiger partial charge in [-0.1, -0.05) is 44.7 Å². The first-order chi connectivity index (χ1) is 8.56. The van der Waals surface area contributed by atoms with Gasteiger partial charge in [-0.15, -0.1) is 0 Å². The minimum atomic E-state index is -0.207. The summed E-state index contributed by atoms with van der Waals surface area (Å²) < 4.78 is 0.757. The van der Waals surface area contributed by atoms with E-state index in [9.17, 15) is 9.90 Å². The highest BCUT2D eigenvalue weighted by Crippen LogP contribution is 2.32. The molecule has 0 bridgehead atoms. The van der Waals surface area contributed by atoms with Crippen molar-refractivity contribution in [2.45, 2.75) is 31.2 Å². The van der Waals surface area contributed by atoms with Gasteiger partial charge in [0.2, 0.25) is 0 Å². The minimum Gasteiger partial charge on any atom is -0.507 e. The van der Waals surface area contributed by atoms with E-state index in [1.165, 1.54) is 6.07 Å². The van der Waals surface area contributed by atoms with Crippen LogP contribution in [0.3, 0.4) is 0 Å². The van der Waals surface area contributed by atoms with Crippen molar-refractivity contribution in [3.63, 3.8) is 0 Å². The Bertz CT molecular complexity index is 456. The largest absolute Gasteiger partial charge is 0.507 e. The van der Waals surface area contributed by atoms with Gasteiger partial charge in [-0.3, -0.25) is 4.79 Å². The summed E-state index contributed by atoms with van der Waals surface area (Å²) >= 11 is 6.74. The van der Waals surface area contributed by atoms with Gasteiger partial charge in [-0.25, -0.2) is 0 Å². The van der Waals surface area contributed by atoms with Crippen LogP contribution >= 0.6 is 31.9 Å². The molecule has 3 nitrogen and oxygen atoms in total. The molecule has 0 aliphatic heterocycles. The zero-order chi connectivity index (χ0) is 13.2. The van der Waals surface area contributed by atoms with E-state index < -0.39 is 0 Å². The van der Waals surface area contributed by atoms with E-state index >= 15 is 0 Å². The number of aromatic hydroxyl groups is 1. The van der Waals surface area contributed by atoms with Gasteiger partial charge >= 0.3 is 0 Å². The summed E-state index contributed by atoms with van der Waals surface area (Å²) in [7, 11) is 0. The van der Waals surface area contributed by atoms with Crippen LogP contribution in [0.2, 0.25) is 0 Å². The summed E-state index contributed by atoms with van der Waals surface area (Å²) in [6.45, 7) is 0. The summed E-state index contributed by atoms with van der Waals surface area (Å²) in [6, 6.07) is 4.92. The van der Waals surface area contributed by atoms with E-state index in [1.54, 1.807) is 12.1 Å². The number of hydrogen-bond donors (Lipinski definition) is 2. The maximum atomic E-state index is 12.2. The topological polar surface area (TPSA) is 49.3 Å². The Labute approximate surface area is 123 Å². The van der Waals surface area contributed by atoms with Crippen molar-refractivity contribution in [1.82, 2.24) is 5.32 Å². The summed E-state index contributed by atoms with van der Waals surface area (Å²) in [4.78, 5) is 12.2. The number of amides is 1. The normalized spacial score (nSPS) is 17.7. The number of nitrogens with one attached hydrogen (secondary N) is 1. The molecule has 2 N–H and O–H groups in total. The highest BCUT2D eigenvalue weighted by molar-refractivity contribution is 9.10. The number of carbonyl (C=O) groups is 1. The average molecular weight is 377 g/mol. The first kappa shape index (κ1) is 13.9. The number of carbonyl (C=O) groups excluding carboxylic acids is 1. The van der Waals surface area contributed by atoms with Crippen LogP contribution in [0.15, 0.2) is 22.7 Å². The number of phenols is 1. The van der Waals surface area contributed by atoms with Gasteiger partial charge in [0.25, 0.3) is 5.91 Å². The Morgan fingerprint density at radius 1 is 1.39 bits per heavy atom. The molecule has 98 valence electrons. The Balaban J connectivity index is 2.16. The lowest BCUT2D eigenvalue weighted by molar-refractivity contribution is 0.0907. The lowest BCUT2D eigenvalue weighted by Crippen LogP contribution is -2.47. The molecule has 1 aliphatic carbocycles. The Morgan fingerprint density at radius 2 is 2.06 bits per heavy atom. The van der Waals surface area contributed by atoms with Gasteiger partial charge in [0, 0.05) is 9.80 Å². The number of rotatable bonds is 3. The zero-order valence-electron chi connectivity index (χ0n) is 9.88. The van der Waals surface area contributed by atoms with E-state index in [1.807, 2.05) is 0 Å². The molecule has 0 aromatic heterocycles. The van der Waals surface area contributed by atoms with Crippen LogP contribution in [0, 0.1) is 0 Å². The number of phenolic OH excluding ortho intramolecular Hbond substituents is 1. The SMILES string of the molecule is O=C(NC1(CBr)CCCC1)c1ccc(Br)cc1O. The Hall–Kier alpha value is -0.550. The average Bonchev–Trinajstić information content (AvgIpc) is 2.78. The van der Waals surface area contributed by atoms with Crippen molar-refractivity contribution in [2.24, 2.45) is 0 Å². The van der Waals surface area contributed by atoms with E-state index in [2.05, 4.69) is 37.2 Å². The lowest BCUT2D eigenvalue weighted by Gasteiger charge is -2.28. The summed E-state index contributed by atoms with van der Waals surface area (Å²) in [5.74, 6) is -0.203. The molecule has 18 heavy (non-hydrogen) atoms. The van der Waals surface area contributed by atoms with E-state index in [0.717, 1.165) is 35.5 Å². The zero-order valence-corrected chi connectivity index (χ0v) is 13.1. The van der Waals surface area contributed by atoms with Crippen LogP contribution in [0.25, 0.3) is 0 Å². The molecule has 1 fully saturated rings. The van der Waals surface area contributed by atoms with E-state index in [4.69, 9.17) is 0 Å². The van der Waals surface area contributed by atoms with Crippen LogP contribution in [-0.4, -0.2) is 21.9 Å². The third kappa shape index (κ3) is 2.88. The second-order valence-electron chi connectivity index (χ2n) is 4.74. The predicted octanol–water partition coefficient (Wildman–Crippen LogP) is 3.59. The minimum absolute atomic E-state index is 0.00425. The van der Waals surface area contributed by atoms with Crippen LogP contribution < -0.4 is 5.32 Å². The van der Waals surface area contributed by atoms with Gasteiger partial charge in [-0.2, -0.15) is 0 Å². The molecule has 0 saturated heterocycles. The molecule has 0 heterocycles. The fourth-order valence-corrected chi connectivity index (χ4v) is 3.40. The molecule has 5 heteroatoms. The van der Waals surface area contributed by atoms with Gasteiger partial charge in [0.15, 0.2) is 0 Å². The smallest absolute Gasteiger partial charge is 0.255 e. The molecular weight excluding hydrogens is 362 g/mol. The molecule has 0 unspecified atom stereocenters. The number of benzene rings is 1.